The molecule has 1 saturated heterocycles. The number of amides is 2. The maximum Gasteiger partial charge on any atom is 0.247 e. The highest BCUT2D eigenvalue weighted by Gasteiger charge is 2.37. The smallest absolute Gasteiger partial charge is 0.247 e. The normalized spacial score (nSPS) is 16.1. The van der Waals surface area contributed by atoms with Gasteiger partial charge in [-0.15, -0.1) is 0 Å². The van der Waals surface area contributed by atoms with Gasteiger partial charge in [-0.3, -0.25) is 14.5 Å². The molecule has 1 atom stereocenters. The number of halogens is 1. The molecule has 8 heteroatoms. The Morgan fingerprint density at radius 3 is 2.21 bits per heavy atom. The van der Waals surface area contributed by atoms with E-state index in [1.54, 1.807) is 12.1 Å². The lowest BCUT2D eigenvalue weighted by Gasteiger charge is -2.24. The van der Waals surface area contributed by atoms with Crippen LogP contribution >= 0.6 is 0 Å². The molecule has 2 aromatic rings. The Bertz CT molecular complexity index is 860. The van der Waals surface area contributed by atoms with E-state index in [-0.39, 0.29) is 18.2 Å². The van der Waals surface area contributed by atoms with Crippen LogP contribution in [0.2, 0.25) is 0 Å². The molecule has 1 N–H and O–H groups in total. The third-order valence-corrected chi connectivity index (χ3v) is 4.55. The van der Waals surface area contributed by atoms with Crippen LogP contribution in [0, 0.1) is 5.82 Å². The van der Waals surface area contributed by atoms with Gasteiger partial charge in [0.15, 0.2) is 11.5 Å². The number of nitrogens with one attached hydrogen (secondary N) is 1. The number of hydrogen-bond donors (Lipinski definition) is 1. The molecule has 1 heterocycles. The third kappa shape index (κ3) is 3.71. The van der Waals surface area contributed by atoms with Gasteiger partial charge in [-0.1, -0.05) is 0 Å². The van der Waals surface area contributed by atoms with Gasteiger partial charge in [0.2, 0.25) is 17.6 Å². The first-order valence-electron chi connectivity index (χ1n) is 8.67. The van der Waals surface area contributed by atoms with E-state index in [4.69, 9.17) is 14.2 Å². The van der Waals surface area contributed by atoms with Crippen molar-refractivity contribution in [3.05, 3.63) is 42.2 Å². The lowest BCUT2D eigenvalue weighted by Crippen LogP contribution is -2.41. The molecular formula is C20H21FN2O5. The lowest BCUT2D eigenvalue weighted by molar-refractivity contribution is -0.120. The Morgan fingerprint density at radius 1 is 1.07 bits per heavy atom. The van der Waals surface area contributed by atoms with Crippen molar-refractivity contribution < 1.29 is 28.2 Å². The molecule has 2 amide bonds. The highest BCUT2D eigenvalue weighted by molar-refractivity contribution is 6.07. The van der Waals surface area contributed by atoms with Crippen LogP contribution in [-0.4, -0.2) is 39.2 Å². The largest absolute Gasteiger partial charge is 0.493 e. The van der Waals surface area contributed by atoms with Gasteiger partial charge in [-0.05, 0) is 30.7 Å². The number of methoxy groups -OCH3 is 3. The summed E-state index contributed by atoms with van der Waals surface area (Å²) in [7, 11) is 4.45. The molecule has 7 nitrogen and oxygen atoms in total. The van der Waals surface area contributed by atoms with Crippen LogP contribution in [-0.2, 0) is 9.59 Å². The number of anilines is 2. The molecule has 1 aliphatic heterocycles. The van der Waals surface area contributed by atoms with Crippen molar-refractivity contribution in [3.63, 3.8) is 0 Å². The van der Waals surface area contributed by atoms with Gasteiger partial charge >= 0.3 is 0 Å². The molecule has 0 aromatic heterocycles. The van der Waals surface area contributed by atoms with E-state index in [9.17, 15) is 14.0 Å². The maximum atomic E-state index is 13.2. The van der Waals surface area contributed by atoms with Gasteiger partial charge in [-0.2, -0.15) is 0 Å². The van der Waals surface area contributed by atoms with Crippen molar-refractivity contribution in [2.45, 2.75) is 18.9 Å². The standard InChI is InChI=1S/C20H21FN2O5/c1-26-16-10-13(11-17(27-2)19(16)28-3)22-20(25)15-8-9-18(24)23(15)14-6-4-12(21)5-7-14/h4-7,10-11,15H,8-9H2,1-3H3,(H,22,25). The van der Waals surface area contributed by atoms with Gasteiger partial charge in [0.1, 0.15) is 11.9 Å². The van der Waals surface area contributed by atoms with Crippen LogP contribution in [0.3, 0.4) is 0 Å². The SMILES string of the molecule is COc1cc(NC(=O)C2CCC(=O)N2c2ccc(F)cc2)cc(OC)c1OC. The Balaban J connectivity index is 1.85. The molecule has 148 valence electrons. The number of rotatable bonds is 6. The number of ether oxygens (including phenoxy) is 3. The topological polar surface area (TPSA) is 77.1 Å². The predicted octanol–water partition coefficient (Wildman–Crippen LogP) is 2.99. The summed E-state index contributed by atoms with van der Waals surface area (Å²) in [6.07, 6.45) is 0.608. The molecule has 1 aliphatic rings. The average Bonchev–Trinajstić information content (AvgIpc) is 3.09. The average molecular weight is 388 g/mol. The zero-order valence-corrected chi connectivity index (χ0v) is 15.8. The fraction of sp³-hybridized carbons (Fsp3) is 0.300. The minimum Gasteiger partial charge on any atom is -0.493 e. The number of carbonyl (C=O) groups excluding carboxylic acids is 2. The third-order valence-electron chi connectivity index (χ3n) is 4.55. The summed E-state index contributed by atoms with van der Waals surface area (Å²) < 4.78 is 29.0. The second kappa shape index (κ2) is 8.16. The van der Waals surface area contributed by atoms with Gasteiger partial charge in [0.05, 0.1) is 21.3 Å². The predicted molar refractivity (Wildman–Crippen MR) is 102 cm³/mol. The molecule has 0 saturated carbocycles. The molecular weight excluding hydrogens is 367 g/mol. The highest BCUT2D eigenvalue weighted by Crippen LogP contribution is 2.40. The van der Waals surface area contributed by atoms with Crippen molar-refractivity contribution in [1.82, 2.24) is 0 Å². The van der Waals surface area contributed by atoms with E-state index < -0.39 is 11.9 Å². The monoisotopic (exact) mass is 388 g/mol. The quantitative estimate of drug-likeness (QED) is 0.823. The second-order valence-corrected chi connectivity index (χ2v) is 6.20. The fourth-order valence-corrected chi connectivity index (χ4v) is 3.24. The van der Waals surface area contributed by atoms with E-state index in [2.05, 4.69) is 5.32 Å². The molecule has 1 unspecified atom stereocenters. The number of benzene rings is 2. The molecule has 0 spiro atoms. The Morgan fingerprint density at radius 2 is 1.68 bits per heavy atom. The molecule has 0 bridgehead atoms. The Kier molecular flexibility index (Phi) is 5.67. The summed E-state index contributed by atoms with van der Waals surface area (Å²) >= 11 is 0. The number of nitrogens with zero attached hydrogens (tertiary/aromatic N) is 1. The summed E-state index contributed by atoms with van der Waals surface area (Å²) in [5.41, 5.74) is 0.923. The molecule has 2 aromatic carbocycles. The van der Waals surface area contributed by atoms with Crippen molar-refractivity contribution >= 4 is 23.2 Å². The van der Waals surface area contributed by atoms with Crippen LogP contribution in [0.15, 0.2) is 36.4 Å². The number of carbonyl (C=O) groups is 2. The summed E-state index contributed by atoms with van der Waals surface area (Å²) in [6.45, 7) is 0. The van der Waals surface area contributed by atoms with E-state index in [0.29, 0.717) is 35.0 Å². The first-order chi connectivity index (χ1) is 13.5. The highest BCUT2D eigenvalue weighted by atomic mass is 19.1. The van der Waals surface area contributed by atoms with Gasteiger partial charge in [0, 0.05) is 29.9 Å². The lowest BCUT2D eigenvalue weighted by atomic mass is 10.1. The molecule has 3 rings (SSSR count). The molecule has 28 heavy (non-hydrogen) atoms. The number of hydrogen-bond acceptors (Lipinski definition) is 5. The summed E-state index contributed by atoms with van der Waals surface area (Å²) in [6, 6.07) is 8.01. The summed E-state index contributed by atoms with van der Waals surface area (Å²) in [5.74, 6) is 0.256. The van der Waals surface area contributed by atoms with Crippen LogP contribution < -0.4 is 24.4 Å². The second-order valence-electron chi connectivity index (χ2n) is 6.20. The van der Waals surface area contributed by atoms with Gasteiger partial charge in [0.25, 0.3) is 0 Å². The zero-order valence-electron chi connectivity index (χ0n) is 15.8. The minimum atomic E-state index is -0.697. The summed E-state index contributed by atoms with van der Waals surface area (Å²) in [4.78, 5) is 26.6. The van der Waals surface area contributed by atoms with Gasteiger partial charge in [-0.25, -0.2) is 4.39 Å². The molecule has 0 aliphatic carbocycles. The van der Waals surface area contributed by atoms with Crippen molar-refractivity contribution in [1.29, 1.82) is 0 Å². The van der Waals surface area contributed by atoms with Crippen LogP contribution in [0.4, 0.5) is 15.8 Å². The van der Waals surface area contributed by atoms with Crippen molar-refractivity contribution in [2.75, 3.05) is 31.5 Å². The Labute approximate surface area is 162 Å². The van der Waals surface area contributed by atoms with Crippen molar-refractivity contribution in [2.24, 2.45) is 0 Å². The first kappa shape index (κ1) is 19.5. The van der Waals surface area contributed by atoms with Crippen molar-refractivity contribution in [3.8, 4) is 17.2 Å². The zero-order chi connectivity index (χ0) is 20.3. The van der Waals surface area contributed by atoms with Crippen LogP contribution in [0.25, 0.3) is 0 Å². The summed E-state index contributed by atoms with van der Waals surface area (Å²) in [5, 5.41) is 2.79. The fourth-order valence-electron chi connectivity index (χ4n) is 3.24. The maximum absolute atomic E-state index is 13.2. The molecule has 1 fully saturated rings. The van der Waals surface area contributed by atoms with E-state index in [1.165, 1.54) is 50.5 Å². The molecule has 0 radical (unpaired) electrons. The minimum absolute atomic E-state index is 0.184. The van der Waals surface area contributed by atoms with E-state index >= 15 is 0 Å². The van der Waals surface area contributed by atoms with Gasteiger partial charge < -0.3 is 19.5 Å². The first-order valence-corrected chi connectivity index (χ1v) is 8.67. The van der Waals surface area contributed by atoms with E-state index in [1.807, 2.05) is 0 Å². The Hall–Kier alpha value is -3.29. The van der Waals surface area contributed by atoms with Crippen LogP contribution in [0.5, 0.6) is 17.2 Å². The van der Waals surface area contributed by atoms with Crippen LogP contribution in [0.1, 0.15) is 12.8 Å². The van der Waals surface area contributed by atoms with E-state index in [0.717, 1.165) is 0 Å².